The maximum absolute atomic E-state index is 13.0. The Bertz CT molecular complexity index is 1660. The number of H-pyrrole nitrogens is 1. The highest BCUT2D eigenvalue weighted by Crippen LogP contribution is 2.30. The number of ether oxygens (including phenoxy) is 1. The van der Waals surface area contributed by atoms with Crippen LogP contribution < -0.4 is 15.1 Å². The Morgan fingerprint density at radius 3 is 2.38 bits per heavy atom. The molecule has 234 valence electrons. The van der Waals surface area contributed by atoms with Gasteiger partial charge in [-0.15, -0.1) is 0 Å². The Hall–Kier alpha value is -4.69. The van der Waals surface area contributed by atoms with E-state index in [0.717, 1.165) is 83.7 Å². The second-order valence-electron chi connectivity index (χ2n) is 11.5. The van der Waals surface area contributed by atoms with Gasteiger partial charge in [0.15, 0.2) is 0 Å². The van der Waals surface area contributed by atoms with Gasteiger partial charge in [-0.25, -0.2) is 28.7 Å². The fourth-order valence-electron chi connectivity index (χ4n) is 5.76. The maximum atomic E-state index is 13.0. The molecule has 3 saturated heterocycles. The average molecular weight is 617 g/mol. The average Bonchev–Trinajstić information content (AvgIpc) is 3.50. The van der Waals surface area contributed by atoms with Crippen molar-refractivity contribution in [3.63, 3.8) is 0 Å². The molecule has 1 aromatic carbocycles. The quantitative estimate of drug-likeness (QED) is 0.286. The third-order valence-electron chi connectivity index (χ3n) is 8.27. The number of nitrogens with zero attached hydrogens (tertiary/aromatic N) is 8. The number of aromatic amines is 1. The summed E-state index contributed by atoms with van der Waals surface area (Å²) in [5.74, 6) is -1.51. The van der Waals surface area contributed by atoms with E-state index in [1.807, 2.05) is 12.1 Å². The summed E-state index contributed by atoms with van der Waals surface area (Å²) in [5, 5.41) is 4.37. The second-order valence-corrected chi connectivity index (χ2v) is 11.5. The molecule has 12 nitrogen and oxygen atoms in total. The van der Waals surface area contributed by atoms with E-state index in [0.29, 0.717) is 25.7 Å². The van der Waals surface area contributed by atoms with Crippen LogP contribution in [0.2, 0.25) is 0 Å². The molecule has 6 heterocycles. The normalized spacial score (nSPS) is 18.8. The van der Waals surface area contributed by atoms with Crippen molar-refractivity contribution in [3.8, 4) is 11.3 Å². The molecular formula is C31H34F2N10O2. The van der Waals surface area contributed by atoms with E-state index in [-0.39, 0.29) is 5.91 Å². The standard InChI is InChI=1S/C31H34F2N10O2/c32-31(33)19-43(20-31)27(44)2-1-7-40-8-10-42(11-9-40)30-34-17-24(18-35-30)38-23-5-3-22(4-6-23)26-16-25-28(39-26)36-21-37-29(25)41-12-14-45-15-13-41/h1-6,16-18,21,38H,7-15,19-20H2,(H,36,37,39)/b2-1+. The van der Waals surface area contributed by atoms with Crippen molar-refractivity contribution in [1.82, 2.24) is 34.7 Å². The van der Waals surface area contributed by atoms with Crippen LogP contribution in [-0.4, -0.2) is 119 Å². The van der Waals surface area contributed by atoms with E-state index >= 15 is 0 Å². The molecule has 0 aliphatic carbocycles. The fraction of sp³-hybridized carbons (Fsp3) is 0.387. The third-order valence-corrected chi connectivity index (χ3v) is 8.27. The first-order valence-electron chi connectivity index (χ1n) is 15.1. The van der Waals surface area contributed by atoms with Crippen molar-refractivity contribution in [2.45, 2.75) is 5.92 Å². The zero-order valence-electron chi connectivity index (χ0n) is 24.7. The van der Waals surface area contributed by atoms with Crippen molar-refractivity contribution < 1.29 is 18.3 Å². The maximum Gasteiger partial charge on any atom is 0.282 e. The van der Waals surface area contributed by atoms with Crippen molar-refractivity contribution >= 4 is 40.1 Å². The topological polar surface area (TPSA) is 119 Å². The number of alkyl halides is 2. The summed E-state index contributed by atoms with van der Waals surface area (Å²) in [6.07, 6.45) is 8.29. The zero-order valence-corrected chi connectivity index (χ0v) is 24.7. The number of carbonyl (C=O) groups excluding carboxylic acids is 1. The predicted molar refractivity (Wildman–Crippen MR) is 167 cm³/mol. The van der Waals surface area contributed by atoms with Crippen LogP contribution in [0.1, 0.15) is 0 Å². The van der Waals surface area contributed by atoms with Gasteiger partial charge in [-0.1, -0.05) is 18.2 Å². The summed E-state index contributed by atoms with van der Waals surface area (Å²) in [6.45, 7) is 5.70. The van der Waals surface area contributed by atoms with E-state index in [9.17, 15) is 13.6 Å². The molecule has 3 aliphatic rings. The monoisotopic (exact) mass is 616 g/mol. The van der Waals surface area contributed by atoms with Crippen LogP contribution in [0.3, 0.4) is 0 Å². The molecule has 0 radical (unpaired) electrons. The smallest absolute Gasteiger partial charge is 0.282 e. The molecule has 0 unspecified atom stereocenters. The lowest BCUT2D eigenvalue weighted by Gasteiger charge is -2.38. The van der Waals surface area contributed by atoms with Gasteiger partial charge >= 0.3 is 0 Å². The van der Waals surface area contributed by atoms with Gasteiger partial charge in [0, 0.05) is 63.3 Å². The first-order chi connectivity index (χ1) is 21.9. The molecule has 3 aliphatic heterocycles. The van der Waals surface area contributed by atoms with Crippen molar-refractivity contribution in [3.05, 3.63) is 61.2 Å². The van der Waals surface area contributed by atoms with Gasteiger partial charge in [0.05, 0.1) is 49.8 Å². The Morgan fingerprint density at radius 2 is 1.67 bits per heavy atom. The Kier molecular flexibility index (Phi) is 7.98. The molecule has 0 spiro atoms. The van der Waals surface area contributed by atoms with Gasteiger partial charge in [0.1, 0.15) is 17.8 Å². The first kappa shape index (κ1) is 29.0. The van der Waals surface area contributed by atoms with Crippen LogP contribution in [0.25, 0.3) is 22.3 Å². The summed E-state index contributed by atoms with van der Waals surface area (Å²) in [5.41, 5.74) is 4.53. The Balaban J connectivity index is 0.908. The number of carbonyl (C=O) groups is 1. The van der Waals surface area contributed by atoms with Gasteiger partial charge in [-0.3, -0.25) is 9.69 Å². The number of nitrogens with one attached hydrogen (secondary N) is 2. The van der Waals surface area contributed by atoms with Crippen molar-refractivity contribution in [2.75, 3.05) is 87.2 Å². The number of morpholine rings is 1. The van der Waals surface area contributed by atoms with E-state index in [2.05, 4.69) is 63.1 Å². The Morgan fingerprint density at radius 1 is 0.933 bits per heavy atom. The van der Waals surface area contributed by atoms with Gasteiger partial charge in [-0.2, -0.15) is 0 Å². The van der Waals surface area contributed by atoms with Crippen LogP contribution >= 0.6 is 0 Å². The number of anilines is 4. The summed E-state index contributed by atoms with van der Waals surface area (Å²) in [4.78, 5) is 41.2. The first-order valence-corrected chi connectivity index (χ1v) is 15.1. The van der Waals surface area contributed by atoms with Crippen LogP contribution in [0, 0.1) is 0 Å². The number of hydrogen-bond acceptors (Lipinski definition) is 10. The van der Waals surface area contributed by atoms with Crippen molar-refractivity contribution in [2.24, 2.45) is 0 Å². The van der Waals surface area contributed by atoms with Crippen molar-refractivity contribution in [1.29, 1.82) is 0 Å². The molecule has 0 bridgehead atoms. The highest BCUT2D eigenvalue weighted by molar-refractivity contribution is 5.92. The second kappa shape index (κ2) is 12.4. The summed E-state index contributed by atoms with van der Waals surface area (Å²) >= 11 is 0. The lowest BCUT2D eigenvalue weighted by molar-refractivity contribution is -0.160. The number of aromatic nitrogens is 5. The molecule has 45 heavy (non-hydrogen) atoms. The van der Waals surface area contributed by atoms with Gasteiger partial charge < -0.3 is 29.7 Å². The molecule has 2 N–H and O–H groups in total. The summed E-state index contributed by atoms with van der Waals surface area (Å²) in [6, 6.07) is 10.2. The lowest BCUT2D eigenvalue weighted by Crippen LogP contribution is -2.58. The molecule has 7 rings (SSSR count). The number of likely N-dealkylation sites (tertiary alicyclic amines) is 1. The Labute approximate surface area is 258 Å². The predicted octanol–water partition coefficient (Wildman–Crippen LogP) is 3.15. The van der Waals surface area contributed by atoms with Crippen LogP contribution in [-0.2, 0) is 9.53 Å². The minimum absolute atomic E-state index is 0.361. The number of fused-ring (bicyclic) bond motifs is 1. The molecule has 3 aromatic heterocycles. The fourth-order valence-corrected chi connectivity index (χ4v) is 5.76. The highest BCUT2D eigenvalue weighted by atomic mass is 19.3. The number of rotatable bonds is 8. The molecule has 1 amide bonds. The summed E-state index contributed by atoms with van der Waals surface area (Å²) < 4.78 is 31.4. The molecule has 14 heteroatoms. The number of hydrogen-bond donors (Lipinski definition) is 2. The molecule has 4 aromatic rings. The van der Waals surface area contributed by atoms with Crippen LogP contribution in [0.4, 0.5) is 31.9 Å². The number of amides is 1. The molecule has 0 atom stereocenters. The molecule has 0 saturated carbocycles. The van der Waals surface area contributed by atoms with E-state index in [4.69, 9.17) is 4.74 Å². The van der Waals surface area contributed by atoms with E-state index < -0.39 is 19.0 Å². The van der Waals surface area contributed by atoms with Gasteiger partial charge in [-0.05, 0) is 23.8 Å². The van der Waals surface area contributed by atoms with E-state index in [1.54, 1.807) is 24.8 Å². The minimum Gasteiger partial charge on any atom is -0.378 e. The SMILES string of the molecule is O=C(/C=C/CN1CCN(c2ncc(Nc3ccc(-c4cc5c(N6CCOCC6)ncnc5[nH]4)cc3)cn2)CC1)N1CC(F)(F)C1. The number of piperazine rings is 1. The third kappa shape index (κ3) is 6.56. The van der Waals surface area contributed by atoms with E-state index in [1.165, 1.54) is 6.08 Å². The minimum atomic E-state index is -2.74. The zero-order chi connectivity index (χ0) is 30.8. The molecule has 3 fully saturated rings. The lowest BCUT2D eigenvalue weighted by atomic mass is 10.1. The van der Waals surface area contributed by atoms with Gasteiger partial charge in [0.25, 0.3) is 5.92 Å². The van der Waals surface area contributed by atoms with Gasteiger partial charge in [0.2, 0.25) is 11.9 Å². The highest BCUT2D eigenvalue weighted by Gasteiger charge is 2.45. The number of benzene rings is 1. The van der Waals surface area contributed by atoms with Crippen LogP contribution in [0.15, 0.2) is 61.2 Å². The molecular weight excluding hydrogens is 582 g/mol. The number of halogens is 2. The van der Waals surface area contributed by atoms with Crippen LogP contribution in [0.5, 0.6) is 0 Å². The summed E-state index contributed by atoms with van der Waals surface area (Å²) in [7, 11) is 0. The largest absolute Gasteiger partial charge is 0.378 e.